The maximum atomic E-state index is 13.6. The minimum Gasteiger partial charge on any atom is -0.478 e. The van der Waals surface area contributed by atoms with E-state index < -0.39 is 11.6 Å². The molecule has 0 radical (unpaired) electrons. The van der Waals surface area contributed by atoms with Gasteiger partial charge >= 0.3 is 5.97 Å². The second-order valence-electron chi connectivity index (χ2n) is 8.69. The Kier molecular flexibility index (Phi) is 5.73. The molecule has 7 heteroatoms. The topological polar surface area (TPSA) is 95.7 Å². The fourth-order valence-corrected chi connectivity index (χ4v) is 4.88. The van der Waals surface area contributed by atoms with Crippen molar-refractivity contribution in [2.45, 2.75) is 25.0 Å². The number of pyridine rings is 2. The van der Waals surface area contributed by atoms with Crippen LogP contribution in [-0.2, 0) is 12.1 Å². The lowest BCUT2D eigenvalue weighted by molar-refractivity contribution is -0.0282. The highest BCUT2D eigenvalue weighted by Crippen LogP contribution is 2.33. The molecule has 4 aromatic rings. The molecule has 2 N–H and O–H groups in total. The molecule has 0 saturated carbocycles. The van der Waals surface area contributed by atoms with Gasteiger partial charge in [-0.25, -0.2) is 4.79 Å². The van der Waals surface area contributed by atoms with Crippen molar-refractivity contribution < 1.29 is 15.0 Å². The number of carboxylic acids is 1. The van der Waals surface area contributed by atoms with Gasteiger partial charge in [-0.2, -0.15) is 0 Å². The van der Waals surface area contributed by atoms with Gasteiger partial charge in [0.1, 0.15) is 0 Å². The van der Waals surface area contributed by atoms with E-state index in [0.717, 1.165) is 5.56 Å². The zero-order valence-electron chi connectivity index (χ0n) is 18.6. The lowest BCUT2D eigenvalue weighted by Gasteiger charge is -2.39. The molecule has 0 aliphatic carbocycles. The molecule has 5 rings (SSSR count). The standard InChI is InChI=1S/C27H25N3O4/c31-25-22-9-5-4-8-21(22)24(26(32)33)23(30(25)20-6-2-1-3-7-20)18-29-16-12-27(34,13-17-29)19-10-14-28-15-11-19/h1-11,14-15,34H,12-13,16-18H2,(H,32,33). The summed E-state index contributed by atoms with van der Waals surface area (Å²) in [6.45, 7) is 1.41. The molecule has 0 bridgehead atoms. The summed E-state index contributed by atoms with van der Waals surface area (Å²) in [7, 11) is 0. The summed E-state index contributed by atoms with van der Waals surface area (Å²) in [5.41, 5.74) is 0.844. The number of rotatable bonds is 5. The van der Waals surface area contributed by atoms with Crippen LogP contribution in [0.1, 0.15) is 34.5 Å². The van der Waals surface area contributed by atoms with Crippen molar-refractivity contribution in [3.05, 3.63) is 106 Å². The maximum Gasteiger partial charge on any atom is 0.338 e. The number of aliphatic hydroxyl groups is 1. The average molecular weight is 456 g/mol. The van der Waals surface area contributed by atoms with Gasteiger partial charge in [-0.05, 0) is 48.7 Å². The Bertz CT molecular complexity index is 1390. The molecule has 3 heterocycles. The van der Waals surface area contributed by atoms with Gasteiger partial charge in [0, 0.05) is 48.5 Å². The summed E-state index contributed by atoms with van der Waals surface area (Å²) >= 11 is 0. The highest BCUT2D eigenvalue weighted by atomic mass is 16.4. The average Bonchev–Trinajstić information content (AvgIpc) is 2.87. The highest BCUT2D eigenvalue weighted by Gasteiger charge is 2.35. The van der Waals surface area contributed by atoms with Crippen LogP contribution in [0.4, 0.5) is 0 Å². The summed E-state index contributed by atoms with van der Waals surface area (Å²) in [5, 5.41) is 22.2. The summed E-state index contributed by atoms with van der Waals surface area (Å²) in [6.07, 6.45) is 4.35. The van der Waals surface area contributed by atoms with Gasteiger partial charge in [-0.15, -0.1) is 0 Å². The van der Waals surface area contributed by atoms with Crippen LogP contribution in [0.2, 0.25) is 0 Å². The molecule has 1 fully saturated rings. The number of carboxylic acid groups (broad SMARTS) is 1. The van der Waals surface area contributed by atoms with Gasteiger partial charge < -0.3 is 10.2 Å². The summed E-state index contributed by atoms with van der Waals surface area (Å²) < 4.78 is 1.52. The molecule has 0 atom stereocenters. The lowest BCUT2D eigenvalue weighted by atomic mass is 9.85. The fourth-order valence-electron chi connectivity index (χ4n) is 4.88. The predicted molar refractivity (Wildman–Crippen MR) is 129 cm³/mol. The molecule has 172 valence electrons. The van der Waals surface area contributed by atoms with Crippen molar-refractivity contribution in [3.8, 4) is 5.69 Å². The smallest absolute Gasteiger partial charge is 0.338 e. The van der Waals surface area contributed by atoms with Crippen LogP contribution < -0.4 is 5.56 Å². The second-order valence-corrected chi connectivity index (χ2v) is 8.69. The molecule has 1 aliphatic heterocycles. The fraction of sp³-hybridized carbons (Fsp3) is 0.222. The Labute approximate surface area is 196 Å². The molecule has 2 aromatic carbocycles. The van der Waals surface area contributed by atoms with Gasteiger partial charge in [-0.3, -0.25) is 19.2 Å². The minimum atomic E-state index is -1.07. The quantitative estimate of drug-likeness (QED) is 0.478. The zero-order valence-corrected chi connectivity index (χ0v) is 18.6. The molecule has 34 heavy (non-hydrogen) atoms. The van der Waals surface area contributed by atoms with E-state index in [1.165, 1.54) is 4.57 Å². The lowest BCUT2D eigenvalue weighted by Crippen LogP contribution is -2.43. The molecule has 0 unspecified atom stereocenters. The largest absolute Gasteiger partial charge is 0.478 e. The number of piperidine rings is 1. The third kappa shape index (κ3) is 3.89. The van der Waals surface area contributed by atoms with Gasteiger partial charge in [0.2, 0.25) is 0 Å². The number of nitrogens with zero attached hydrogens (tertiary/aromatic N) is 3. The van der Waals surface area contributed by atoms with Crippen LogP contribution in [0.25, 0.3) is 16.5 Å². The van der Waals surface area contributed by atoms with E-state index in [2.05, 4.69) is 9.88 Å². The summed E-state index contributed by atoms with van der Waals surface area (Å²) in [4.78, 5) is 32.2. The Hall–Kier alpha value is -3.81. The van der Waals surface area contributed by atoms with Crippen LogP contribution >= 0.6 is 0 Å². The third-order valence-corrected chi connectivity index (χ3v) is 6.69. The molecular weight excluding hydrogens is 430 g/mol. The van der Waals surface area contributed by atoms with Gasteiger partial charge in [-0.1, -0.05) is 36.4 Å². The van der Waals surface area contributed by atoms with E-state index >= 15 is 0 Å². The summed E-state index contributed by atoms with van der Waals surface area (Å²) in [5.74, 6) is -1.07. The number of aromatic nitrogens is 2. The molecule has 0 spiro atoms. The number of aromatic carboxylic acids is 1. The number of carbonyl (C=O) groups is 1. The van der Waals surface area contributed by atoms with Gasteiger partial charge in [0.05, 0.1) is 16.9 Å². The first-order valence-corrected chi connectivity index (χ1v) is 11.3. The van der Waals surface area contributed by atoms with E-state index in [-0.39, 0.29) is 17.7 Å². The summed E-state index contributed by atoms with van der Waals surface area (Å²) in [6, 6.07) is 19.7. The van der Waals surface area contributed by atoms with Crippen molar-refractivity contribution in [2.24, 2.45) is 0 Å². The van der Waals surface area contributed by atoms with Crippen molar-refractivity contribution >= 4 is 16.7 Å². The van der Waals surface area contributed by atoms with Crippen LogP contribution in [0.15, 0.2) is 83.9 Å². The van der Waals surface area contributed by atoms with Crippen molar-refractivity contribution in [1.82, 2.24) is 14.5 Å². The van der Waals surface area contributed by atoms with E-state index in [0.29, 0.717) is 48.1 Å². The number of benzene rings is 2. The van der Waals surface area contributed by atoms with E-state index in [4.69, 9.17) is 0 Å². The first kappa shape index (κ1) is 22.0. The van der Waals surface area contributed by atoms with Crippen LogP contribution in [0, 0.1) is 0 Å². The SMILES string of the molecule is O=C(O)c1c(CN2CCC(O)(c3ccncc3)CC2)n(-c2ccccc2)c(=O)c2ccccc12. The molecular formula is C27H25N3O4. The second kappa shape index (κ2) is 8.85. The zero-order chi connectivity index (χ0) is 23.7. The first-order valence-electron chi connectivity index (χ1n) is 11.3. The Morgan fingerprint density at radius 3 is 2.18 bits per heavy atom. The molecule has 0 amide bonds. The van der Waals surface area contributed by atoms with Crippen molar-refractivity contribution in [3.63, 3.8) is 0 Å². The predicted octanol–water partition coefficient (Wildman–Crippen LogP) is 3.57. The third-order valence-electron chi connectivity index (χ3n) is 6.69. The van der Waals surface area contributed by atoms with Crippen molar-refractivity contribution in [2.75, 3.05) is 13.1 Å². The molecule has 7 nitrogen and oxygen atoms in total. The highest BCUT2D eigenvalue weighted by molar-refractivity contribution is 6.04. The number of para-hydroxylation sites is 1. The van der Waals surface area contributed by atoms with Crippen LogP contribution in [-0.4, -0.2) is 43.7 Å². The number of hydrogen-bond acceptors (Lipinski definition) is 5. The molecule has 1 aliphatic rings. The number of hydrogen-bond donors (Lipinski definition) is 2. The molecule has 1 saturated heterocycles. The normalized spacial score (nSPS) is 15.9. The van der Waals surface area contributed by atoms with Crippen molar-refractivity contribution in [1.29, 1.82) is 0 Å². The number of fused-ring (bicyclic) bond motifs is 1. The van der Waals surface area contributed by atoms with E-state index in [9.17, 15) is 19.8 Å². The van der Waals surface area contributed by atoms with Crippen LogP contribution in [0.3, 0.4) is 0 Å². The van der Waals surface area contributed by atoms with Gasteiger partial charge in [0.15, 0.2) is 0 Å². The monoisotopic (exact) mass is 455 g/mol. The Morgan fingerprint density at radius 2 is 1.53 bits per heavy atom. The molecule has 2 aromatic heterocycles. The van der Waals surface area contributed by atoms with Crippen LogP contribution in [0.5, 0.6) is 0 Å². The first-order chi connectivity index (χ1) is 16.5. The Morgan fingerprint density at radius 1 is 0.912 bits per heavy atom. The van der Waals surface area contributed by atoms with E-state index in [1.807, 2.05) is 42.5 Å². The minimum absolute atomic E-state index is 0.133. The Balaban J connectivity index is 1.58. The van der Waals surface area contributed by atoms with E-state index in [1.54, 1.807) is 36.7 Å². The number of likely N-dealkylation sites (tertiary alicyclic amines) is 1. The van der Waals surface area contributed by atoms with Gasteiger partial charge in [0.25, 0.3) is 5.56 Å². The maximum absolute atomic E-state index is 13.6.